The summed E-state index contributed by atoms with van der Waals surface area (Å²) in [6.07, 6.45) is 1.77. The third-order valence-corrected chi connectivity index (χ3v) is 7.49. The van der Waals surface area contributed by atoms with Gasteiger partial charge >= 0.3 is 0 Å². The lowest BCUT2D eigenvalue weighted by Gasteiger charge is -2.29. The van der Waals surface area contributed by atoms with Gasteiger partial charge in [0.05, 0.1) is 11.5 Å². The molecule has 0 aliphatic carbocycles. The maximum atomic E-state index is 13.4. The number of aromatic nitrogens is 2. The van der Waals surface area contributed by atoms with Crippen molar-refractivity contribution in [2.75, 3.05) is 28.3 Å². The highest BCUT2D eigenvalue weighted by Crippen LogP contribution is 2.26. The molecule has 1 aliphatic rings. The second-order valence-electron chi connectivity index (χ2n) is 8.58. The number of benzene rings is 2. The summed E-state index contributed by atoms with van der Waals surface area (Å²) in [6.45, 7) is 3.67. The molecule has 3 aromatic rings. The average molecular weight is 483 g/mol. The molecule has 2 amide bonds. The smallest absolute Gasteiger partial charge is 0.244 e. The van der Waals surface area contributed by atoms with Gasteiger partial charge < -0.3 is 14.7 Å². The molecule has 9 nitrogen and oxygen atoms in total. The first kappa shape index (κ1) is 23.6. The Morgan fingerprint density at radius 3 is 2.29 bits per heavy atom. The Hall–Kier alpha value is -3.53. The van der Waals surface area contributed by atoms with Crippen LogP contribution in [0.25, 0.3) is 11.4 Å². The zero-order valence-electron chi connectivity index (χ0n) is 19.0. The minimum atomic E-state index is -3.10. The van der Waals surface area contributed by atoms with E-state index in [-0.39, 0.29) is 42.7 Å². The van der Waals surface area contributed by atoms with Gasteiger partial charge in [0, 0.05) is 22.9 Å². The van der Waals surface area contributed by atoms with E-state index in [1.807, 2.05) is 32.0 Å². The van der Waals surface area contributed by atoms with Crippen LogP contribution in [0.5, 0.6) is 0 Å². The number of carbonyl (C=O) groups is 2. The molecule has 0 spiro atoms. The Morgan fingerprint density at radius 2 is 1.71 bits per heavy atom. The molecule has 0 unspecified atom stereocenters. The van der Waals surface area contributed by atoms with E-state index in [9.17, 15) is 18.0 Å². The van der Waals surface area contributed by atoms with Gasteiger partial charge in [0.1, 0.15) is 16.4 Å². The van der Waals surface area contributed by atoms with Crippen molar-refractivity contribution in [3.8, 4) is 11.4 Å². The van der Waals surface area contributed by atoms with Crippen molar-refractivity contribution in [3.63, 3.8) is 0 Å². The second kappa shape index (κ2) is 9.76. The van der Waals surface area contributed by atoms with Crippen LogP contribution >= 0.6 is 0 Å². The molecular formula is C24H26N4O5S. The van der Waals surface area contributed by atoms with E-state index in [0.717, 1.165) is 16.7 Å². The van der Waals surface area contributed by atoms with Gasteiger partial charge in [0.2, 0.25) is 24.0 Å². The zero-order chi connectivity index (χ0) is 24.3. The molecule has 10 heteroatoms. The highest BCUT2D eigenvalue weighted by Gasteiger charge is 2.33. The fraction of sp³-hybridized carbons (Fsp3) is 0.333. The van der Waals surface area contributed by atoms with E-state index in [4.69, 9.17) is 4.52 Å². The molecule has 0 saturated carbocycles. The number of carbonyl (C=O) groups excluding carboxylic acids is 2. The van der Waals surface area contributed by atoms with E-state index in [1.54, 1.807) is 24.3 Å². The summed E-state index contributed by atoms with van der Waals surface area (Å²) in [6, 6.07) is 12.7. The predicted octanol–water partition coefficient (Wildman–Crippen LogP) is 3.15. The molecule has 34 heavy (non-hydrogen) atoms. The number of hydrogen-bond donors (Lipinski definition) is 1. The fourth-order valence-corrected chi connectivity index (χ4v) is 5.60. The first-order chi connectivity index (χ1) is 16.2. The first-order valence-corrected chi connectivity index (χ1v) is 12.8. The molecule has 0 atom stereocenters. The van der Waals surface area contributed by atoms with Gasteiger partial charge in [-0.25, -0.2) is 8.42 Å². The van der Waals surface area contributed by atoms with Crippen molar-refractivity contribution >= 4 is 33.0 Å². The zero-order valence-corrected chi connectivity index (χ0v) is 19.8. The van der Waals surface area contributed by atoms with Crippen LogP contribution in [0.15, 0.2) is 53.4 Å². The normalized spacial score (nSPS) is 15.6. The van der Waals surface area contributed by atoms with Crippen LogP contribution in [0, 0.1) is 19.8 Å². The van der Waals surface area contributed by atoms with Crippen LogP contribution in [0.3, 0.4) is 0 Å². The average Bonchev–Trinajstić information content (AvgIpc) is 3.32. The topological polar surface area (TPSA) is 122 Å². The number of amides is 2. The van der Waals surface area contributed by atoms with Crippen LogP contribution in [0.4, 0.5) is 11.4 Å². The molecule has 1 aliphatic heterocycles. The van der Waals surface area contributed by atoms with Crippen molar-refractivity contribution in [1.82, 2.24) is 10.1 Å². The lowest BCUT2D eigenvalue weighted by Crippen LogP contribution is -2.43. The Kier molecular flexibility index (Phi) is 6.78. The van der Waals surface area contributed by atoms with Crippen molar-refractivity contribution < 1.29 is 22.5 Å². The van der Waals surface area contributed by atoms with Gasteiger partial charge in [-0.1, -0.05) is 11.2 Å². The minimum Gasteiger partial charge on any atom is -0.342 e. The summed E-state index contributed by atoms with van der Waals surface area (Å²) >= 11 is 0. The van der Waals surface area contributed by atoms with E-state index in [2.05, 4.69) is 15.5 Å². The summed E-state index contributed by atoms with van der Waals surface area (Å²) in [5, 5.41) is 6.60. The lowest BCUT2D eigenvalue weighted by molar-refractivity contribution is -0.124. The molecule has 0 radical (unpaired) electrons. The summed E-state index contributed by atoms with van der Waals surface area (Å²) in [4.78, 5) is 31.8. The highest BCUT2D eigenvalue weighted by atomic mass is 32.2. The number of nitrogens with one attached hydrogen (secondary N) is 1. The van der Waals surface area contributed by atoms with Crippen LogP contribution in [-0.2, 0) is 19.4 Å². The maximum Gasteiger partial charge on any atom is 0.244 e. The highest BCUT2D eigenvalue weighted by molar-refractivity contribution is 7.91. The molecule has 1 N–H and O–H groups in total. The molecule has 178 valence electrons. The number of aryl methyl sites for hydroxylation is 2. The summed E-state index contributed by atoms with van der Waals surface area (Å²) < 4.78 is 28.4. The fourth-order valence-electron chi connectivity index (χ4n) is 4.10. The largest absolute Gasteiger partial charge is 0.342 e. The summed E-state index contributed by atoms with van der Waals surface area (Å²) in [7, 11) is -3.10. The van der Waals surface area contributed by atoms with Gasteiger partial charge in [0.25, 0.3) is 0 Å². The molecule has 1 saturated heterocycles. The van der Waals surface area contributed by atoms with E-state index >= 15 is 0 Å². The monoisotopic (exact) mass is 482 g/mol. The molecule has 4 rings (SSSR count). The number of anilines is 2. The van der Waals surface area contributed by atoms with Crippen molar-refractivity contribution in [3.05, 3.63) is 60.0 Å². The Labute approximate surface area is 198 Å². The van der Waals surface area contributed by atoms with Gasteiger partial charge in [-0.15, -0.1) is 0 Å². The molecular weight excluding hydrogens is 456 g/mol. The van der Waals surface area contributed by atoms with Gasteiger partial charge in [0.15, 0.2) is 0 Å². The third kappa shape index (κ3) is 5.69. The summed E-state index contributed by atoms with van der Waals surface area (Å²) in [5.74, 6) is -0.609. The Balaban J connectivity index is 1.51. The minimum absolute atomic E-state index is 0.0109. The van der Waals surface area contributed by atoms with Crippen LogP contribution in [-0.4, -0.2) is 48.4 Å². The number of sulfone groups is 1. The first-order valence-electron chi connectivity index (χ1n) is 11.0. The standard InChI is InChI=1S/C24H26N4O5S/c1-16-11-17(2)13-21(12-16)28(24(30)19-7-9-34(31,32)10-8-19)14-22(29)26-20-5-3-18(4-6-20)23-25-15-33-27-23/h3-6,11-13,15,19H,7-10,14H2,1-2H3,(H,26,29). The predicted molar refractivity (Wildman–Crippen MR) is 128 cm³/mol. The number of rotatable bonds is 6. The molecule has 2 heterocycles. The molecule has 1 fully saturated rings. The number of hydrogen-bond acceptors (Lipinski definition) is 7. The van der Waals surface area contributed by atoms with Crippen molar-refractivity contribution in [1.29, 1.82) is 0 Å². The van der Waals surface area contributed by atoms with Crippen LogP contribution in [0.2, 0.25) is 0 Å². The van der Waals surface area contributed by atoms with Crippen molar-refractivity contribution in [2.24, 2.45) is 5.92 Å². The lowest BCUT2D eigenvalue weighted by atomic mass is 10.00. The summed E-state index contributed by atoms with van der Waals surface area (Å²) in [5.41, 5.74) is 3.87. The van der Waals surface area contributed by atoms with E-state index in [0.29, 0.717) is 17.2 Å². The van der Waals surface area contributed by atoms with Crippen LogP contribution in [0.1, 0.15) is 24.0 Å². The van der Waals surface area contributed by atoms with Gasteiger partial charge in [-0.05, 0) is 74.2 Å². The van der Waals surface area contributed by atoms with Gasteiger partial charge in [-0.3, -0.25) is 9.59 Å². The number of nitrogens with zero attached hydrogens (tertiary/aromatic N) is 3. The van der Waals surface area contributed by atoms with Gasteiger partial charge in [-0.2, -0.15) is 4.98 Å². The molecule has 1 aromatic heterocycles. The third-order valence-electron chi connectivity index (χ3n) is 5.78. The van der Waals surface area contributed by atoms with E-state index in [1.165, 1.54) is 11.3 Å². The molecule has 2 aromatic carbocycles. The van der Waals surface area contributed by atoms with Crippen molar-refractivity contribution in [2.45, 2.75) is 26.7 Å². The SMILES string of the molecule is Cc1cc(C)cc(N(CC(=O)Nc2ccc(-c3ncon3)cc2)C(=O)C2CCS(=O)(=O)CC2)c1. The Bertz CT molecular complexity index is 1250. The van der Waals surface area contributed by atoms with Crippen LogP contribution < -0.4 is 10.2 Å². The second-order valence-corrected chi connectivity index (χ2v) is 10.9. The molecule has 0 bridgehead atoms. The quantitative estimate of drug-likeness (QED) is 0.573. The maximum absolute atomic E-state index is 13.4. The van der Waals surface area contributed by atoms with E-state index < -0.39 is 15.8 Å². The Morgan fingerprint density at radius 1 is 1.06 bits per heavy atom.